The van der Waals surface area contributed by atoms with Gasteiger partial charge >= 0.3 is 6.18 Å². The highest BCUT2D eigenvalue weighted by Crippen LogP contribution is 2.36. The molecule has 0 aromatic heterocycles. The number of aryl methyl sites for hydroxylation is 1. The van der Waals surface area contributed by atoms with E-state index in [0.717, 1.165) is 11.6 Å². The first kappa shape index (κ1) is 11.1. The lowest BCUT2D eigenvalue weighted by Crippen LogP contribution is -2.06. The lowest BCUT2D eigenvalue weighted by Gasteiger charge is -2.10. The van der Waals surface area contributed by atoms with E-state index in [0.29, 0.717) is 3.57 Å². The zero-order valence-corrected chi connectivity index (χ0v) is 9.46. The maximum absolute atomic E-state index is 12.3. The van der Waals surface area contributed by atoms with Crippen molar-refractivity contribution >= 4 is 34.2 Å². The van der Waals surface area contributed by atoms with Gasteiger partial charge < -0.3 is 0 Å². The minimum Gasteiger partial charge on any atom is -0.166 e. The van der Waals surface area contributed by atoms with E-state index < -0.39 is 11.7 Å². The predicted octanol–water partition coefficient (Wildman–Crippen LogP) is 4.27. The number of rotatable bonds is 0. The number of benzene rings is 1. The molecule has 0 radical (unpaired) electrons. The van der Waals surface area contributed by atoms with Crippen molar-refractivity contribution in [3.8, 4) is 0 Å². The van der Waals surface area contributed by atoms with Crippen LogP contribution in [0.15, 0.2) is 12.1 Å². The molecule has 0 heterocycles. The van der Waals surface area contributed by atoms with Crippen molar-refractivity contribution in [1.29, 1.82) is 0 Å². The highest BCUT2D eigenvalue weighted by molar-refractivity contribution is 14.1. The molecule has 0 unspecified atom stereocenters. The fourth-order valence-corrected chi connectivity index (χ4v) is 1.66. The topological polar surface area (TPSA) is 0 Å². The van der Waals surface area contributed by atoms with Gasteiger partial charge in [-0.25, -0.2) is 0 Å². The normalized spacial score (nSPS) is 11.8. The Bertz CT molecular complexity index is 333. The number of hydrogen-bond acceptors (Lipinski definition) is 0. The molecule has 1 aromatic rings. The molecule has 0 aliphatic heterocycles. The van der Waals surface area contributed by atoms with Gasteiger partial charge in [-0.05, 0) is 47.2 Å². The average molecular weight is 320 g/mol. The predicted molar refractivity (Wildman–Crippen MR) is 53.9 cm³/mol. The van der Waals surface area contributed by atoms with Crippen LogP contribution in [0.25, 0.3) is 0 Å². The van der Waals surface area contributed by atoms with Crippen molar-refractivity contribution in [2.75, 3.05) is 0 Å². The number of hydrogen-bond donors (Lipinski definition) is 0. The van der Waals surface area contributed by atoms with Gasteiger partial charge in [0.25, 0.3) is 0 Å². The average Bonchev–Trinajstić information content (AvgIpc) is 1.94. The summed E-state index contributed by atoms with van der Waals surface area (Å²) >= 11 is 7.31. The van der Waals surface area contributed by atoms with Gasteiger partial charge in [0, 0.05) is 3.57 Å². The molecule has 0 saturated heterocycles. The molecule has 0 fully saturated rings. The third-order valence-corrected chi connectivity index (χ3v) is 3.03. The smallest absolute Gasteiger partial charge is 0.166 e. The lowest BCUT2D eigenvalue weighted by molar-refractivity contribution is -0.137. The molecule has 0 amide bonds. The largest absolute Gasteiger partial charge is 0.417 e. The summed E-state index contributed by atoms with van der Waals surface area (Å²) in [6, 6.07) is 2.38. The number of halogens is 5. The van der Waals surface area contributed by atoms with Gasteiger partial charge in [-0.15, -0.1) is 0 Å². The van der Waals surface area contributed by atoms with E-state index in [-0.39, 0.29) is 5.02 Å². The van der Waals surface area contributed by atoms with Gasteiger partial charge in [-0.2, -0.15) is 13.2 Å². The zero-order valence-electron chi connectivity index (χ0n) is 6.54. The Morgan fingerprint density at radius 2 is 1.85 bits per heavy atom. The van der Waals surface area contributed by atoms with Crippen LogP contribution in [-0.2, 0) is 6.18 Å². The second kappa shape index (κ2) is 3.65. The van der Waals surface area contributed by atoms with E-state index in [9.17, 15) is 13.2 Å². The van der Waals surface area contributed by atoms with Crippen molar-refractivity contribution in [3.63, 3.8) is 0 Å². The van der Waals surface area contributed by atoms with E-state index in [1.807, 2.05) is 22.6 Å². The van der Waals surface area contributed by atoms with Gasteiger partial charge in [0.2, 0.25) is 0 Å². The third kappa shape index (κ3) is 2.49. The molecular formula is C8H5ClF3I. The molecule has 72 valence electrons. The van der Waals surface area contributed by atoms with Crippen LogP contribution in [0.2, 0.25) is 5.02 Å². The van der Waals surface area contributed by atoms with Gasteiger partial charge in [0.15, 0.2) is 0 Å². The summed E-state index contributed by atoms with van der Waals surface area (Å²) in [5, 5.41) is -0.245. The first-order valence-corrected chi connectivity index (χ1v) is 4.81. The highest BCUT2D eigenvalue weighted by Gasteiger charge is 2.33. The number of alkyl halides is 3. The Morgan fingerprint density at radius 3 is 2.31 bits per heavy atom. The Hall–Kier alpha value is 0.0300. The van der Waals surface area contributed by atoms with Crippen LogP contribution in [0.3, 0.4) is 0 Å². The summed E-state index contributed by atoms with van der Waals surface area (Å²) in [7, 11) is 0. The highest BCUT2D eigenvalue weighted by atomic mass is 127. The Labute approximate surface area is 92.2 Å². The first-order chi connectivity index (χ1) is 5.82. The zero-order chi connectivity index (χ0) is 10.2. The van der Waals surface area contributed by atoms with Crippen LogP contribution in [0.1, 0.15) is 11.1 Å². The van der Waals surface area contributed by atoms with Crippen LogP contribution >= 0.6 is 34.2 Å². The molecule has 0 spiro atoms. The Kier molecular flexibility index (Phi) is 3.12. The second-order valence-electron chi connectivity index (χ2n) is 2.58. The van der Waals surface area contributed by atoms with Crippen LogP contribution in [0, 0.1) is 10.5 Å². The Balaban J connectivity index is 3.32. The van der Waals surface area contributed by atoms with Gasteiger partial charge in [-0.3, -0.25) is 0 Å². The molecule has 0 nitrogen and oxygen atoms in total. The second-order valence-corrected chi connectivity index (χ2v) is 4.15. The molecule has 0 atom stereocenters. The SMILES string of the molecule is Cc1cc(Cl)c(C(F)(F)F)cc1I. The molecule has 1 rings (SSSR count). The van der Waals surface area contributed by atoms with E-state index in [1.54, 1.807) is 6.92 Å². The molecule has 0 bridgehead atoms. The quantitative estimate of drug-likeness (QED) is 0.626. The van der Waals surface area contributed by atoms with Crippen LogP contribution < -0.4 is 0 Å². The summed E-state index contributed by atoms with van der Waals surface area (Å²) in [5.74, 6) is 0. The van der Waals surface area contributed by atoms with E-state index >= 15 is 0 Å². The standard InChI is InChI=1S/C8H5ClF3I/c1-4-2-6(9)5(3-7(4)13)8(10,11)12/h2-3H,1H3. The summed E-state index contributed by atoms with van der Waals surface area (Å²) in [5.41, 5.74) is -0.0252. The summed E-state index contributed by atoms with van der Waals surface area (Å²) in [6.07, 6.45) is -4.37. The van der Waals surface area contributed by atoms with E-state index in [1.165, 1.54) is 6.07 Å². The maximum Gasteiger partial charge on any atom is 0.417 e. The summed E-state index contributed by atoms with van der Waals surface area (Å²) < 4.78 is 37.4. The van der Waals surface area contributed by atoms with Crippen molar-refractivity contribution < 1.29 is 13.2 Å². The van der Waals surface area contributed by atoms with Crippen molar-refractivity contribution in [3.05, 3.63) is 31.9 Å². The Morgan fingerprint density at radius 1 is 1.31 bits per heavy atom. The monoisotopic (exact) mass is 320 g/mol. The molecule has 0 N–H and O–H groups in total. The fraction of sp³-hybridized carbons (Fsp3) is 0.250. The van der Waals surface area contributed by atoms with Crippen LogP contribution in [0.5, 0.6) is 0 Å². The van der Waals surface area contributed by atoms with E-state index in [2.05, 4.69) is 0 Å². The summed E-state index contributed by atoms with van der Waals surface area (Å²) in [4.78, 5) is 0. The van der Waals surface area contributed by atoms with Crippen LogP contribution in [-0.4, -0.2) is 0 Å². The molecule has 1 aromatic carbocycles. The minimum absolute atomic E-state index is 0.245. The lowest BCUT2D eigenvalue weighted by atomic mass is 10.1. The van der Waals surface area contributed by atoms with Crippen molar-refractivity contribution in [1.82, 2.24) is 0 Å². The van der Waals surface area contributed by atoms with E-state index in [4.69, 9.17) is 11.6 Å². The summed E-state index contributed by atoms with van der Waals surface area (Å²) in [6.45, 7) is 1.72. The molecule has 0 aliphatic rings. The molecule has 0 aliphatic carbocycles. The first-order valence-electron chi connectivity index (χ1n) is 3.35. The fourth-order valence-electron chi connectivity index (χ4n) is 0.864. The molecule has 13 heavy (non-hydrogen) atoms. The van der Waals surface area contributed by atoms with Gasteiger partial charge in [0.05, 0.1) is 10.6 Å². The molecular weight excluding hydrogens is 315 g/mol. The molecule has 5 heteroatoms. The third-order valence-electron chi connectivity index (χ3n) is 1.55. The minimum atomic E-state index is -4.37. The maximum atomic E-state index is 12.3. The van der Waals surface area contributed by atoms with Gasteiger partial charge in [-0.1, -0.05) is 11.6 Å². The van der Waals surface area contributed by atoms with Crippen molar-refractivity contribution in [2.45, 2.75) is 13.1 Å². The molecule has 0 saturated carbocycles. The van der Waals surface area contributed by atoms with Gasteiger partial charge in [0.1, 0.15) is 0 Å². The van der Waals surface area contributed by atoms with Crippen molar-refractivity contribution in [2.24, 2.45) is 0 Å². The van der Waals surface area contributed by atoms with Crippen LogP contribution in [0.4, 0.5) is 13.2 Å².